The SMILES string of the molecule is CC(C)N1CCn2c(cn(C)c2=O)C1. The Morgan fingerprint density at radius 1 is 1.36 bits per heavy atom. The van der Waals surface area contributed by atoms with Crippen LogP contribution in [0.5, 0.6) is 0 Å². The molecular formula is C10H17N3O. The van der Waals surface area contributed by atoms with Crippen molar-refractivity contribution >= 4 is 0 Å². The van der Waals surface area contributed by atoms with Crippen molar-refractivity contribution in [2.24, 2.45) is 7.05 Å². The number of hydrogen-bond donors (Lipinski definition) is 0. The highest BCUT2D eigenvalue weighted by Gasteiger charge is 2.20. The number of nitrogens with zero attached hydrogens (tertiary/aromatic N) is 3. The minimum absolute atomic E-state index is 0.114. The molecule has 0 atom stereocenters. The Kier molecular flexibility index (Phi) is 2.23. The van der Waals surface area contributed by atoms with Crippen molar-refractivity contribution in [1.29, 1.82) is 0 Å². The molecule has 1 aliphatic rings. The highest BCUT2D eigenvalue weighted by atomic mass is 16.1. The van der Waals surface area contributed by atoms with Crippen molar-refractivity contribution in [2.75, 3.05) is 6.54 Å². The van der Waals surface area contributed by atoms with E-state index in [0.717, 1.165) is 25.3 Å². The largest absolute Gasteiger partial charge is 0.328 e. The normalized spacial score (nSPS) is 17.4. The monoisotopic (exact) mass is 195 g/mol. The van der Waals surface area contributed by atoms with E-state index >= 15 is 0 Å². The zero-order valence-corrected chi connectivity index (χ0v) is 9.03. The molecule has 4 nitrogen and oxygen atoms in total. The van der Waals surface area contributed by atoms with Gasteiger partial charge in [0.25, 0.3) is 0 Å². The molecule has 0 saturated carbocycles. The fourth-order valence-electron chi connectivity index (χ4n) is 1.98. The molecule has 0 unspecified atom stereocenters. The van der Waals surface area contributed by atoms with Crippen LogP contribution < -0.4 is 5.69 Å². The first kappa shape index (κ1) is 9.52. The van der Waals surface area contributed by atoms with Gasteiger partial charge in [-0.2, -0.15) is 0 Å². The van der Waals surface area contributed by atoms with Crippen LogP contribution in [0.4, 0.5) is 0 Å². The average molecular weight is 195 g/mol. The van der Waals surface area contributed by atoms with Crippen LogP contribution in [-0.4, -0.2) is 26.6 Å². The maximum Gasteiger partial charge on any atom is 0.328 e. The molecule has 78 valence electrons. The maximum absolute atomic E-state index is 11.6. The Morgan fingerprint density at radius 2 is 2.07 bits per heavy atom. The van der Waals surface area contributed by atoms with Crippen LogP contribution in [0.3, 0.4) is 0 Å². The summed E-state index contributed by atoms with van der Waals surface area (Å²) in [6.07, 6.45) is 1.94. The van der Waals surface area contributed by atoms with Gasteiger partial charge in [0.05, 0.1) is 5.69 Å². The molecule has 0 bridgehead atoms. The van der Waals surface area contributed by atoms with Gasteiger partial charge in [0.15, 0.2) is 0 Å². The van der Waals surface area contributed by atoms with Crippen molar-refractivity contribution in [3.05, 3.63) is 22.4 Å². The standard InChI is InChI=1S/C10H17N3O/c1-8(2)12-4-5-13-9(7-12)6-11(3)10(13)14/h6,8H,4-5,7H2,1-3H3. The second kappa shape index (κ2) is 3.28. The summed E-state index contributed by atoms with van der Waals surface area (Å²) >= 11 is 0. The second-order valence-corrected chi connectivity index (χ2v) is 4.23. The number of aromatic nitrogens is 2. The fraction of sp³-hybridized carbons (Fsp3) is 0.700. The summed E-state index contributed by atoms with van der Waals surface area (Å²) in [5, 5.41) is 0. The molecule has 0 amide bonds. The van der Waals surface area contributed by atoms with Crippen LogP contribution in [0.15, 0.2) is 11.0 Å². The summed E-state index contributed by atoms with van der Waals surface area (Å²) in [7, 11) is 1.81. The zero-order valence-electron chi connectivity index (χ0n) is 9.03. The van der Waals surface area contributed by atoms with Gasteiger partial charge in [-0.25, -0.2) is 4.79 Å². The molecule has 0 aliphatic carbocycles. The van der Waals surface area contributed by atoms with E-state index in [1.54, 1.807) is 4.57 Å². The van der Waals surface area contributed by atoms with Crippen LogP contribution in [0.25, 0.3) is 0 Å². The van der Waals surface area contributed by atoms with Gasteiger partial charge in [-0.1, -0.05) is 0 Å². The summed E-state index contributed by atoms with van der Waals surface area (Å²) in [5.41, 5.74) is 1.25. The first-order chi connectivity index (χ1) is 6.59. The molecule has 0 aromatic carbocycles. The Morgan fingerprint density at radius 3 is 2.71 bits per heavy atom. The van der Waals surface area contributed by atoms with Crippen LogP contribution in [0, 0.1) is 0 Å². The molecule has 4 heteroatoms. The molecule has 1 aliphatic heterocycles. The second-order valence-electron chi connectivity index (χ2n) is 4.23. The van der Waals surface area contributed by atoms with E-state index in [0.29, 0.717) is 6.04 Å². The number of imidazole rings is 1. The molecule has 2 heterocycles. The predicted octanol–water partition coefficient (Wildman–Crippen LogP) is 0.411. The van der Waals surface area contributed by atoms with E-state index in [1.807, 2.05) is 17.8 Å². The van der Waals surface area contributed by atoms with Gasteiger partial charge in [0, 0.05) is 38.9 Å². The van der Waals surface area contributed by atoms with E-state index in [9.17, 15) is 4.79 Å². The van der Waals surface area contributed by atoms with Gasteiger partial charge < -0.3 is 4.57 Å². The summed E-state index contributed by atoms with van der Waals surface area (Å²) in [6, 6.07) is 0.555. The van der Waals surface area contributed by atoms with E-state index < -0.39 is 0 Å². The zero-order chi connectivity index (χ0) is 10.3. The highest BCUT2D eigenvalue weighted by molar-refractivity contribution is 5.03. The van der Waals surface area contributed by atoms with Gasteiger partial charge in [0.2, 0.25) is 0 Å². The van der Waals surface area contributed by atoms with Crippen molar-refractivity contribution in [3.63, 3.8) is 0 Å². The van der Waals surface area contributed by atoms with Crippen LogP contribution in [0.1, 0.15) is 19.5 Å². The molecule has 1 aromatic heterocycles. The summed E-state index contributed by atoms with van der Waals surface area (Å²) in [5.74, 6) is 0. The Labute approximate surface area is 83.8 Å². The molecule has 1 aromatic rings. The van der Waals surface area contributed by atoms with Gasteiger partial charge in [0.1, 0.15) is 0 Å². The van der Waals surface area contributed by atoms with E-state index in [1.165, 1.54) is 0 Å². The van der Waals surface area contributed by atoms with Gasteiger partial charge in [-0.3, -0.25) is 9.47 Å². The molecule has 0 N–H and O–H groups in total. The van der Waals surface area contributed by atoms with Crippen LogP contribution in [0.2, 0.25) is 0 Å². The van der Waals surface area contributed by atoms with E-state index in [2.05, 4.69) is 18.7 Å². The maximum atomic E-state index is 11.6. The van der Waals surface area contributed by atoms with Crippen molar-refractivity contribution in [1.82, 2.24) is 14.0 Å². The lowest BCUT2D eigenvalue weighted by atomic mass is 10.2. The smallest absolute Gasteiger partial charge is 0.302 e. The number of fused-ring (bicyclic) bond motifs is 1. The summed E-state index contributed by atoms with van der Waals surface area (Å²) in [4.78, 5) is 14.0. The third kappa shape index (κ3) is 1.39. The topological polar surface area (TPSA) is 30.2 Å². The number of aryl methyl sites for hydroxylation is 1. The third-order valence-electron chi connectivity index (χ3n) is 2.93. The van der Waals surface area contributed by atoms with E-state index in [4.69, 9.17) is 0 Å². The number of rotatable bonds is 1. The quantitative estimate of drug-likeness (QED) is 0.649. The molecule has 0 saturated heterocycles. The molecule has 2 rings (SSSR count). The molecule has 14 heavy (non-hydrogen) atoms. The van der Waals surface area contributed by atoms with Crippen LogP contribution >= 0.6 is 0 Å². The van der Waals surface area contributed by atoms with E-state index in [-0.39, 0.29) is 5.69 Å². The number of hydrogen-bond acceptors (Lipinski definition) is 2. The third-order valence-corrected chi connectivity index (χ3v) is 2.93. The Balaban J connectivity index is 2.32. The molecule has 0 fully saturated rings. The Hall–Kier alpha value is -1.03. The first-order valence-corrected chi connectivity index (χ1v) is 5.08. The average Bonchev–Trinajstić information content (AvgIpc) is 2.42. The minimum atomic E-state index is 0.114. The lowest BCUT2D eigenvalue weighted by molar-refractivity contribution is 0.175. The summed E-state index contributed by atoms with van der Waals surface area (Å²) in [6.45, 7) is 7.09. The fourth-order valence-corrected chi connectivity index (χ4v) is 1.98. The Bertz CT molecular complexity index is 389. The molecular weight excluding hydrogens is 178 g/mol. The van der Waals surface area contributed by atoms with Crippen molar-refractivity contribution in [3.8, 4) is 0 Å². The lowest BCUT2D eigenvalue weighted by Crippen LogP contribution is -2.40. The van der Waals surface area contributed by atoms with Crippen molar-refractivity contribution < 1.29 is 0 Å². The van der Waals surface area contributed by atoms with Crippen LogP contribution in [-0.2, 0) is 20.1 Å². The van der Waals surface area contributed by atoms with Crippen molar-refractivity contribution in [2.45, 2.75) is 33.0 Å². The van der Waals surface area contributed by atoms with Gasteiger partial charge >= 0.3 is 5.69 Å². The summed E-state index contributed by atoms with van der Waals surface area (Å²) < 4.78 is 3.54. The molecule has 0 spiro atoms. The van der Waals surface area contributed by atoms with Gasteiger partial charge in [-0.05, 0) is 13.8 Å². The molecule has 0 radical (unpaired) electrons. The highest BCUT2D eigenvalue weighted by Crippen LogP contribution is 2.12. The van der Waals surface area contributed by atoms with Gasteiger partial charge in [-0.15, -0.1) is 0 Å². The first-order valence-electron chi connectivity index (χ1n) is 5.08. The minimum Gasteiger partial charge on any atom is -0.302 e. The predicted molar refractivity (Wildman–Crippen MR) is 55.2 cm³/mol. The lowest BCUT2D eigenvalue weighted by Gasteiger charge is -2.30.